The summed E-state index contributed by atoms with van der Waals surface area (Å²) in [4.78, 5) is 0. The summed E-state index contributed by atoms with van der Waals surface area (Å²) in [5.74, 6) is 1.28. The van der Waals surface area contributed by atoms with Crippen LogP contribution in [-0.4, -0.2) is 0 Å². The molecule has 4 N–H and O–H groups in total. The van der Waals surface area contributed by atoms with Crippen molar-refractivity contribution in [3.63, 3.8) is 0 Å². The van der Waals surface area contributed by atoms with Crippen molar-refractivity contribution >= 4 is 11.4 Å². The van der Waals surface area contributed by atoms with Gasteiger partial charge in [0, 0.05) is 16.9 Å². The molecule has 0 atom stereocenters. The Kier molecular flexibility index (Phi) is 7.91. The Morgan fingerprint density at radius 2 is 1.37 bits per heavy atom. The summed E-state index contributed by atoms with van der Waals surface area (Å²) in [7, 11) is 0. The highest BCUT2D eigenvalue weighted by atomic mass is 14.6. The zero-order chi connectivity index (χ0) is 19.1. The van der Waals surface area contributed by atoms with Gasteiger partial charge in [-0.3, -0.25) is 0 Å². The van der Waals surface area contributed by atoms with Crippen molar-refractivity contribution in [3.8, 4) is 0 Å². The van der Waals surface area contributed by atoms with E-state index >= 15 is 0 Å². The van der Waals surface area contributed by atoms with Crippen molar-refractivity contribution in [2.45, 2.75) is 121 Å². The highest BCUT2D eigenvalue weighted by molar-refractivity contribution is 5.70. The van der Waals surface area contributed by atoms with Gasteiger partial charge in [-0.15, -0.1) is 0 Å². The van der Waals surface area contributed by atoms with Gasteiger partial charge >= 0.3 is 0 Å². The number of rotatable bonds is 8. The van der Waals surface area contributed by atoms with Crippen LogP contribution in [0.3, 0.4) is 0 Å². The minimum atomic E-state index is 0.595. The van der Waals surface area contributed by atoms with Crippen molar-refractivity contribution in [1.82, 2.24) is 0 Å². The molecule has 0 unspecified atom stereocenters. The van der Waals surface area contributed by atoms with Crippen LogP contribution in [0.2, 0.25) is 0 Å². The van der Waals surface area contributed by atoms with Crippen LogP contribution in [0.15, 0.2) is 6.07 Å². The number of hydrogen-bond acceptors (Lipinski definition) is 2. The van der Waals surface area contributed by atoms with Crippen molar-refractivity contribution in [2.24, 2.45) is 0 Å². The van der Waals surface area contributed by atoms with Gasteiger partial charge in [-0.2, -0.15) is 0 Å². The molecule has 152 valence electrons. The van der Waals surface area contributed by atoms with Gasteiger partial charge in [0.15, 0.2) is 0 Å². The predicted molar refractivity (Wildman–Crippen MR) is 119 cm³/mol. The van der Waals surface area contributed by atoms with E-state index in [1.165, 1.54) is 113 Å². The lowest BCUT2D eigenvalue weighted by Gasteiger charge is -2.30. The second kappa shape index (κ2) is 10.4. The van der Waals surface area contributed by atoms with Crippen LogP contribution in [0.25, 0.3) is 0 Å². The average Bonchev–Trinajstić information content (AvgIpc) is 2.70. The second-order valence-electron chi connectivity index (χ2n) is 9.20. The number of nitrogens with two attached hydrogens (primary N) is 2. The number of hydrogen-bond donors (Lipinski definition) is 2. The minimum absolute atomic E-state index is 0.595. The predicted octanol–water partition coefficient (Wildman–Crippen LogP) is 7.46. The Hall–Kier alpha value is -1.18. The van der Waals surface area contributed by atoms with Gasteiger partial charge in [-0.25, -0.2) is 0 Å². The molecular weight excluding hydrogens is 328 g/mol. The summed E-state index contributed by atoms with van der Waals surface area (Å²) in [6.45, 7) is 2.29. The number of unbranched alkanes of at least 4 members (excludes halogenated alkanes) is 4. The topological polar surface area (TPSA) is 52.0 Å². The average molecular weight is 371 g/mol. The van der Waals surface area contributed by atoms with E-state index in [1.807, 2.05) is 0 Å². The molecule has 0 bridgehead atoms. The van der Waals surface area contributed by atoms with Crippen LogP contribution in [0, 0.1) is 0 Å². The lowest BCUT2D eigenvalue weighted by Crippen LogP contribution is -2.16. The Labute approximate surface area is 167 Å². The third-order valence-electron chi connectivity index (χ3n) is 7.17. The van der Waals surface area contributed by atoms with Crippen molar-refractivity contribution in [2.75, 3.05) is 11.5 Å². The lowest BCUT2D eigenvalue weighted by molar-refractivity contribution is 0.438. The Bertz CT molecular complexity index is 580. The van der Waals surface area contributed by atoms with Crippen molar-refractivity contribution in [1.29, 1.82) is 0 Å². The quantitative estimate of drug-likeness (QED) is 0.368. The van der Waals surface area contributed by atoms with E-state index in [0.29, 0.717) is 11.8 Å². The maximum Gasteiger partial charge on any atom is 0.0405 e. The summed E-state index contributed by atoms with van der Waals surface area (Å²) >= 11 is 0. The number of benzene rings is 1. The summed E-state index contributed by atoms with van der Waals surface area (Å²) in [6.07, 6.45) is 21.2. The fourth-order valence-corrected chi connectivity index (χ4v) is 5.62. The fourth-order valence-electron chi connectivity index (χ4n) is 5.62. The number of anilines is 2. The maximum absolute atomic E-state index is 6.88. The second-order valence-corrected chi connectivity index (χ2v) is 9.20. The van der Waals surface area contributed by atoms with Crippen LogP contribution >= 0.6 is 0 Å². The van der Waals surface area contributed by atoms with Gasteiger partial charge in [0.05, 0.1) is 0 Å². The zero-order valence-corrected chi connectivity index (χ0v) is 17.7. The van der Waals surface area contributed by atoms with Gasteiger partial charge in [0.1, 0.15) is 0 Å². The zero-order valence-electron chi connectivity index (χ0n) is 17.7. The van der Waals surface area contributed by atoms with Gasteiger partial charge in [0.25, 0.3) is 0 Å². The van der Waals surface area contributed by atoms with E-state index in [4.69, 9.17) is 11.5 Å². The molecule has 0 spiro atoms. The van der Waals surface area contributed by atoms with Crippen LogP contribution in [0.1, 0.15) is 132 Å². The molecule has 0 amide bonds. The van der Waals surface area contributed by atoms with Crippen molar-refractivity contribution < 1.29 is 0 Å². The first-order chi connectivity index (χ1) is 13.2. The molecule has 2 fully saturated rings. The lowest BCUT2D eigenvalue weighted by atomic mass is 9.76. The largest absolute Gasteiger partial charge is 0.398 e. The summed E-state index contributed by atoms with van der Waals surface area (Å²) in [5.41, 5.74) is 19.9. The van der Waals surface area contributed by atoms with Gasteiger partial charge < -0.3 is 11.5 Å². The van der Waals surface area contributed by atoms with Crippen LogP contribution in [0.4, 0.5) is 11.4 Å². The van der Waals surface area contributed by atoms with E-state index in [0.717, 1.165) is 17.8 Å². The molecule has 0 saturated heterocycles. The van der Waals surface area contributed by atoms with Gasteiger partial charge in [0.2, 0.25) is 0 Å². The standard InChI is InChI=1S/C25H42N2/c1-2-3-4-5-12-17-21-22(19-13-8-6-9-14-19)18-23(26)24(25(21)27)20-15-10-7-11-16-20/h18-20H,2-17,26-27H2,1H3. The summed E-state index contributed by atoms with van der Waals surface area (Å²) in [5, 5.41) is 0. The molecule has 0 radical (unpaired) electrons. The molecule has 2 saturated carbocycles. The van der Waals surface area contributed by atoms with E-state index in [1.54, 1.807) is 0 Å². The van der Waals surface area contributed by atoms with E-state index in [-0.39, 0.29) is 0 Å². The molecular formula is C25H42N2. The third kappa shape index (κ3) is 5.21. The van der Waals surface area contributed by atoms with E-state index < -0.39 is 0 Å². The van der Waals surface area contributed by atoms with E-state index in [9.17, 15) is 0 Å². The van der Waals surface area contributed by atoms with Gasteiger partial charge in [-0.1, -0.05) is 71.1 Å². The Morgan fingerprint density at radius 1 is 0.778 bits per heavy atom. The first kappa shape index (κ1) is 20.6. The Morgan fingerprint density at radius 3 is 2.00 bits per heavy atom. The molecule has 0 aliphatic heterocycles. The molecule has 3 rings (SSSR count). The highest BCUT2D eigenvalue weighted by Gasteiger charge is 2.26. The normalized spacial score (nSPS) is 19.4. The number of nitrogen functional groups attached to an aromatic ring is 2. The summed E-state index contributed by atoms with van der Waals surface area (Å²) in [6, 6.07) is 2.36. The molecule has 1 aromatic carbocycles. The minimum Gasteiger partial charge on any atom is -0.398 e. The first-order valence-electron chi connectivity index (χ1n) is 11.9. The third-order valence-corrected chi connectivity index (χ3v) is 7.17. The Balaban J connectivity index is 1.86. The molecule has 2 nitrogen and oxygen atoms in total. The SMILES string of the molecule is CCCCCCCc1c(C2CCCCC2)cc(N)c(C2CCCCC2)c1N. The fraction of sp³-hybridized carbons (Fsp3) is 0.760. The molecule has 2 aliphatic carbocycles. The molecule has 2 aliphatic rings. The monoisotopic (exact) mass is 370 g/mol. The smallest absolute Gasteiger partial charge is 0.0405 e. The highest BCUT2D eigenvalue weighted by Crippen LogP contribution is 2.45. The maximum atomic E-state index is 6.88. The molecule has 0 heterocycles. The summed E-state index contributed by atoms with van der Waals surface area (Å²) < 4.78 is 0. The molecule has 27 heavy (non-hydrogen) atoms. The van der Waals surface area contributed by atoms with E-state index in [2.05, 4.69) is 13.0 Å². The first-order valence-corrected chi connectivity index (χ1v) is 11.9. The van der Waals surface area contributed by atoms with Crippen LogP contribution < -0.4 is 11.5 Å². The van der Waals surface area contributed by atoms with Crippen LogP contribution in [0.5, 0.6) is 0 Å². The van der Waals surface area contributed by atoms with Crippen LogP contribution in [-0.2, 0) is 6.42 Å². The molecule has 0 aromatic heterocycles. The van der Waals surface area contributed by atoms with Gasteiger partial charge in [-0.05, 0) is 67.6 Å². The molecule has 1 aromatic rings. The molecule has 2 heteroatoms. The van der Waals surface area contributed by atoms with Crippen molar-refractivity contribution in [3.05, 3.63) is 22.8 Å².